The first-order valence-corrected chi connectivity index (χ1v) is 8.83. The van der Waals surface area contributed by atoms with Gasteiger partial charge in [0.05, 0.1) is 23.4 Å². The molecule has 0 saturated carbocycles. The van der Waals surface area contributed by atoms with Gasteiger partial charge in [-0.1, -0.05) is 46.3 Å². The van der Waals surface area contributed by atoms with Crippen LogP contribution in [0.2, 0.25) is 0 Å². The number of hydrogen-bond acceptors (Lipinski definition) is 3. The van der Waals surface area contributed by atoms with E-state index in [1.54, 1.807) is 7.11 Å². The van der Waals surface area contributed by atoms with Gasteiger partial charge in [-0.2, -0.15) is 0 Å². The van der Waals surface area contributed by atoms with Crippen molar-refractivity contribution in [2.45, 2.75) is 13.0 Å². The number of amides is 1. The first kappa shape index (κ1) is 17.6. The van der Waals surface area contributed by atoms with E-state index in [0.717, 1.165) is 26.6 Å². The van der Waals surface area contributed by atoms with Crippen molar-refractivity contribution < 1.29 is 9.53 Å². The van der Waals surface area contributed by atoms with Gasteiger partial charge >= 0.3 is 0 Å². The van der Waals surface area contributed by atoms with Gasteiger partial charge in [0.15, 0.2) is 0 Å². The van der Waals surface area contributed by atoms with Crippen molar-refractivity contribution in [2.24, 2.45) is 0 Å². The van der Waals surface area contributed by atoms with Crippen molar-refractivity contribution >= 4 is 32.7 Å². The van der Waals surface area contributed by atoms with Crippen molar-refractivity contribution in [3.8, 4) is 11.3 Å². The van der Waals surface area contributed by atoms with Crippen LogP contribution in [0.1, 0.15) is 17.3 Å². The Morgan fingerprint density at radius 3 is 2.64 bits per heavy atom. The van der Waals surface area contributed by atoms with E-state index in [1.807, 2.05) is 61.5 Å². The fourth-order valence-corrected chi connectivity index (χ4v) is 2.99. The van der Waals surface area contributed by atoms with Crippen molar-refractivity contribution in [3.05, 3.63) is 64.6 Å². The number of carbonyl (C=O) groups is 1. The van der Waals surface area contributed by atoms with E-state index < -0.39 is 0 Å². The molecule has 0 spiro atoms. The van der Waals surface area contributed by atoms with Gasteiger partial charge in [0.1, 0.15) is 0 Å². The Balaban J connectivity index is 2.06. The molecule has 0 fully saturated rings. The number of aromatic nitrogens is 1. The van der Waals surface area contributed by atoms with Gasteiger partial charge in [-0.3, -0.25) is 4.79 Å². The van der Waals surface area contributed by atoms with E-state index >= 15 is 0 Å². The van der Waals surface area contributed by atoms with Gasteiger partial charge in [0, 0.05) is 28.6 Å². The van der Waals surface area contributed by atoms with Crippen LogP contribution in [0.3, 0.4) is 0 Å². The van der Waals surface area contributed by atoms with Gasteiger partial charge in [-0.15, -0.1) is 0 Å². The smallest absolute Gasteiger partial charge is 0.252 e. The summed E-state index contributed by atoms with van der Waals surface area (Å²) in [4.78, 5) is 17.5. The largest absolute Gasteiger partial charge is 0.383 e. The molecule has 1 amide bonds. The minimum atomic E-state index is -0.124. The molecular formula is C20H19BrN2O2. The molecule has 1 heterocycles. The van der Waals surface area contributed by atoms with E-state index in [4.69, 9.17) is 9.72 Å². The Kier molecular flexibility index (Phi) is 5.46. The molecule has 4 nitrogen and oxygen atoms in total. The zero-order chi connectivity index (χ0) is 17.8. The number of nitrogens with zero attached hydrogens (tertiary/aromatic N) is 1. The lowest BCUT2D eigenvalue weighted by Gasteiger charge is -2.15. The maximum atomic E-state index is 12.8. The highest BCUT2D eigenvalue weighted by Gasteiger charge is 2.15. The van der Waals surface area contributed by atoms with E-state index in [1.165, 1.54) is 0 Å². The summed E-state index contributed by atoms with van der Waals surface area (Å²) in [5, 5.41) is 3.82. The van der Waals surface area contributed by atoms with Crippen LogP contribution in [0.4, 0.5) is 0 Å². The molecule has 0 saturated heterocycles. The minimum absolute atomic E-state index is 0.0689. The molecule has 0 radical (unpaired) electrons. The highest BCUT2D eigenvalue weighted by molar-refractivity contribution is 9.10. The third-order valence-corrected chi connectivity index (χ3v) is 4.42. The number of hydrogen-bond donors (Lipinski definition) is 1. The molecule has 0 aliphatic rings. The number of para-hydroxylation sites is 1. The van der Waals surface area contributed by atoms with Gasteiger partial charge in [0.2, 0.25) is 0 Å². The summed E-state index contributed by atoms with van der Waals surface area (Å²) in [6.07, 6.45) is 0. The molecule has 0 aliphatic carbocycles. The van der Waals surface area contributed by atoms with Gasteiger partial charge in [0.25, 0.3) is 5.91 Å². The summed E-state index contributed by atoms with van der Waals surface area (Å²) in [6.45, 7) is 2.38. The van der Waals surface area contributed by atoms with Crippen molar-refractivity contribution in [1.29, 1.82) is 0 Å². The lowest BCUT2D eigenvalue weighted by Crippen LogP contribution is -2.35. The van der Waals surface area contributed by atoms with Crippen LogP contribution in [-0.4, -0.2) is 30.6 Å². The SMILES string of the molecule is COCC(C)NC(=O)c1cc(-c2ccc(Br)cc2)nc2ccccc12. The third kappa shape index (κ3) is 4.06. The monoisotopic (exact) mass is 398 g/mol. The zero-order valence-corrected chi connectivity index (χ0v) is 15.7. The summed E-state index contributed by atoms with van der Waals surface area (Å²) in [7, 11) is 1.62. The standard InChI is InChI=1S/C20H19BrN2O2/c1-13(12-25-2)22-20(24)17-11-19(14-7-9-15(21)10-8-14)23-18-6-4-3-5-16(17)18/h3-11,13H,12H2,1-2H3,(H,22,24). The van der Waals surface area contributed by atoms with Crippen LogP contribution in [0.5, 0.6) is 0 Å². The zero-order valence-electron chi connectivity index (χ0n) is 14.1. The molecule has 5 heteroatoms. The quantitative estimate of drug-likeness (QED) is 0.691. The number of ether oxygens (including phenoxy) is 1. The molecular weight excluding hydrogens is 380 g/mol. The third-order valence-electron chi connectivity index (χ3n) is 3.89. The molecule has 0 bridgehead atoms. The van der Waals surface area contributed by atoms with Crippen LogP contribution < -0.4 is 5.32 Å². The Morgan fingerprint density at radius 1 is 1.20 bits per heavy atom. The second-order valence-corrected chi connectivity index (χ2v) is 6.82. The molecule has 2 aromatic carbocycles. The second kappa shape index (κ2) is 7.76. The number of nitrogens with one attached hydrogen (secondary N) is 1. The van der Waals surface area contributed by atoms with Crippen molar-refractivity contribution in [1.82, 2.24) is 10.3 Å². The van der Waals surface area contributed by atoms with Gasteiger partial charge in [-0.25, -0.2) is 4.98 Å². The molecule has 0 aliphatic heterocycles. The van der Waals surface area contributed by atoms with Crippen molar-refractivity contribution in [2.75, 3.05) is 13.7 Å². The minimum Gasteiger partial charge on any atom is -0.383 e. The number of carbonyl (C=O) groups excluding carboxylic acids is 1. The van der Waals surface area contributed by atoms with Gasteiger partial charge < -0.3 is 10.1 Å². The Morgan fingerprint density at radius 2 is 1.92 bits per heavy atom. The number of benzene rings is 2. The summed E-state index contributed by atoms with van der Waals surface area (Å²) < 4.78 is 6.10. The van der Waals surface area contributed by atoms with Crippen LogP contribution in [0.25, 0.3) is 22.2 Å². The number of rotatable bonds is 5. The summed E-state index contributed by atoms with van der Waals surface area (Å²) in [6, 6.07) is 17.4. The van der Waals surface area contributed by atoms with Gasteiger partial charge in [-0.05, 0) is 31.2 Å². The molecule has 1 N–H and O–H groups in total. The molecule has 3 rings (SSSR count). The predicted octanol–water partition coefficient (Wildman–Crippen LogP) is 4.43. The topological polar surface area (TPSA) is 51.2 Å². The molecule has 1 atom stereocenters. The van der Waals surface area contributed by atoms with Crippen LogP contribution >= 0.6 is 15.9 Å². The first-order chi connectivity index (χ1) is 12.1. The first-order valence-electron chi connectivity index (χ1n) is 8.04. The molecule has 1 aromatic heterocycles. The number of fused-ring (bicyclic) bond motifs is 1. The fourth-order valence-electron chi connectivity index (χ4n) is 2.73. The lowest BCUT2D eigenvalue weighted by atomic mass is 10.0. The highest BCUT2D eigenvalue weighted by atomic mass is 79.9. The maximum absolute atomic E-state index is 12.8. The average Bonchev–Trinajstić information content (AvgIpc) is 2.61. The average molecular weight is 399 g/mol. The summed E-state index contributed by atoms with van der Waals surface area (Å²) in [5.41, 5.74) is 3.16. The van der Waals surface area contributed by atoms with Crippen LogP contribution in [-0.2, 0) is 4.74 Å². The predicted molar refractivity (Wildman–Crippen MR) is 104 cm³/mol. The highest BCUT2D eigenvalue weighted by Crippen LogP contribution is 2.26. The Labute approximate surface area is 155 Å². The lowest BCUT2D eigenvalue weighted by molar-refractivity contribution is 0.0907. The normalized spacial score (nSPS) is 12.1. The van der Waals surface area contributed by atoms with Crippen LogP contribution in [0, 0.1) is 0 Å². The Hall–Kier alpha value is -2.24. The number of halogens is 1. The van der Waals surface area contributed by atoms with E-state index in [-0.39, 0.29) is 11.9 Å². The molecule has 25 heavy (non-hydrogen) atoms. The second-order valence-electron chi connectivity index (χ2n) is 5.91. The van der Waals surface area contributed by atoms with E-state index in [0.29, 0.717) is 12.2 Å². The van der Waals surface area contributed by atoms with Crippen LogP contribution in [0.15, 0.2) is 59.1 Å². The number of methoxy groups -OCH3 is 1. The maximum Gasteiger partial charge on any atom is 0.252 e. The number of pyridine rings is 1. The summed E-state index contributed by atoms with van der Waals surface area (Å²) in [5.74, 6) is -0.124. The Bertz CT molecular complexity index is 894. The molecule has 1 unspecified atom stereocenters. The van der Waals surface area contributed by atoms with E-state index in [2.05, 4.69) is 21.2 Å². The fraction of sp³-hybridized carbons (Fsp3) is 0.200. The van der Waals surface area contributed by atoms with Crippen molar-refractivity contribution in [3.63, 3.8) is 0 Å². The molecule has 3 aromatic rings. The van der Waals surface area contributed by atoms with E-state index in [9.17, 15) is 4.79 Å². The summed E-state index contributed by atoms with van der Waals surface area (Å²) >= 11 is 3.44. The molecule has 128 valence electrons.